The van der Waals surface area contributed by atoms with Gasteiger partial charge in [0.25, 0.3) is 5.91 Å². The molecule has 296 valence electrons. The zero-order chi connectivity index (χ0) is 38.3. The molecular weight excluding hydrogens is 727 g/mol. The molecule has 0 spiro atoms. The van der Waals surface area contributed by atoms with Crippen LogP contribution in [0.15, 0.2) is 30.4 Å². The van der Waals surface area contributed by atoms with Crippen molar-refractivity contribution in [3.63, 3.8) is 0 Å². The van der Waals surface area contributed by atoms with Gasteiger partial charge in [-0.05, 0) is 82.3 Å². The van der Waals surface area contributed by atoms with E-state index in [-0.39, 0.29) is 37.8 Å². The second-order valence-electron chi connectivity index (χ2n) is 16.3. The number of carbonyl (C=O) groups excluding carboxylic acids is 4. The lowest BCUT2D eigenvalue weighted by Crippen LogP contribution is -2.57. The first-order chi connectivity index (χ1) is 26.5. The van der Waals surface area contributed by atoms with E-state index in [1.165, 1.54) is 4.90 Å². The van der Waals surface area contributed by atoms with E-state index in [2.05, 4.69) is 10.0 Å². The summed E-state index contributed by atoms with van der Waals surface area (Å²) in [6.07, 6.45) is 13.0. The third-order valence-corrected chi connectivity index (χ3v) is 14.0. The molecule has 7 atom stereocenters. The molecule has 3 bridgehead atoms. The average Bonchev–Trinajstić information content (AvgIpc) is 4.09. The van der Waals surface area contributed by atoms with Gasteiger partial charge in [0.15, 0.2) is 0 Å². The van der Waals surface area contributed by atoms with Gasteiger partial charge in [0.2, 0.25) is 27.7 Å². The van der Waals surface area contributed by atoms with Crippen molar-refractivity contribution in [3.05, 3.63) is 36.0 Å². The molecule has 2 aromatic rings. The quantitative estimate of drug-likeness (QED) is 0.338. The predicted octanol–water partition coefficient (Wildman–Crippen LogP) is 4.04. The van der Waals surface area contributed by atoms with Crippen molar-refractivity contribution in [2.75, 3.05) is 13.7 Å². The SMILES string of the molecule is COc1ccc2nc3c(nc2c1)O[C@@H]1C[C@H]2C(=O)N[C@]4(C(=O)NS(=O)(=O)C5CC5)C[C@H]4/C=C\CCCCC[C@H](CC(=O)O[C@@H]4C[C@H]4CCCCC3)C(=O)N2C1. The molecule has 1 aromatic heterocycles. The smallest absolute Gasteiger partial charge is 0.306 e. The zero-order valence-corrected chi connectivity index (χ0v) is 32.2. The van der Waals surface area contributed by atoms with Gasteiger partial charge >= 0.3 is 5.97 Å². The molecule has 55 heavy (non-hydrogen) atoms. The standard InChI is InChI=1S/C40H51N5O9S/c1-52-27-14-17-30-32(20-27)42-37-31(41-30)13-9-5-7-10-24-18-34(24)54-35(46)19-25-11-6-3-2-4-8-12-26-22-40(26,39(49)44-55(50,51)29-15-16-29)43-36(47)33-21-28(53-37)23-45(33)38(25)48/h8,12,14,17,20,24-26,28-29,33-34H,2-7,9-11,13,15-16,18-19,21-23H2,1H3,(H,43,47)(H,44,49)/b12-8-/t24-,25-,26-,28-,33+,34-,40-/m1/s1. The summed E-state index contributed by atoms with van der Waals surface area (Å²) in [5, 5.41) is 2.31. The molecule has 3 aliphatic carbocycles. The van der Waals surface area contributed by atoms with Crippen molar-refractivity contribution in [2.45, 2.75) is 132 Å². The molecule has 1 aromatic carbocycles. The maximum Gasteiger partial charge on any atom is 0.306 e. The summed E-state index contributed by atoms with van der Waals surface area (Å²) in [5.74, 6) is -1.94. The minimum Gasteiger partial charge on any atom is -0.497 e. The summed E-state index contributed by atoms with van der Waals surface area (Å²) in [6, 6.07) is 4.43. The second kappa shape index (κ2) is 15.3. The van der Waals surface area contributed by atoms with Crippen LogP contribution in [0, 0.1) is 17.8 Å². The van der Waals surface area contributed by atoms with E-state index in [1.54, 1.807) is 13.2 Å². The van der Waals surface area contributed by atoms with E-state index in [9.17, 15) is 27.6 Å². The lowest BCUT2D eigenvalue weighted by molar-refractivity contribution is -0.151. The van der Waals surface area contributed by atoms with Crippen molar-refractivity contribution in [1.29, 1.82) is 0 Å². The Labute approximate surface area is 321 Å². The van der Waals surface area contributed by atoms with E-state index >= 15 is 0 Å². The Hall–Kier alpha value is -4.27. The number of fused-ring (bicyclic) bond motifs is 6. The largest absolute Gasteiger partial charge is 0.497 e. The number of nitrogens with zero attached hydrogens (tertiary/aromatic N) is 3. The monoisotopic (exact) mass is 777 g/mol. The number of esters is 1. The van der Waals surface area contributed by atoms with Crippen molar-refractivity contribution in [1.82, 2.24) is 24.9 Å². The fraction of sp³-hybridized carbons (Fsp3) is 0.650. The molecule has 3 saturated carbocycles. The van der Waals surface area contributed by atoms with E-state index in [1.807, 2.05) is 24.3 Å². The van der Waals surface area contributed by atoms with Crippen molar-refractivity contribution >= 4 is 44.7 Å². The number of ether oxygens (including phenoxy) is 3. The van der Waals surface area contributed by atoms with Gasteiger partial charge in [-0.3, -0.25) is 23.9 Å². The Kier molecular flexibility index (Phi) is 10.5. The van der Waals surface area contributed by atoms with E-state index in [4.69, 9.17) is 24.2 Å². The molecule has 3 aliphatic heterocycles. The van der Waals surface area contributed by atoms with Crippen molar-refractivity contribution in [2.24, 2.45) is 17.8 Å². The summed E-state index contributed by atoms with van der Waals surface area (Å²) in [5.41, 5.74) is 0.498. The van der Waals surface area contributed by atoms with E-state index in [0.29, 0.717) is 66.4 Å². The molecule has 0 unspecified atom stereocenters. The third-order valence-electron chi connectivity index (χ3n) is 12.2. The molecule has 1 saturated heterocycles. The number of allylic oxidation sites excluding steroid dienone is 1. The van der Waals surface area contributed by atoms with Crippen molar-refractivity contribution < 1.29 is 41.8 Å². The third kappa shape index (κ3) is 8.31. The molecule has 3 amide bonds. The van der Waals surface area contributed by atoms with Crippen LogP contribution in [-0.4, -0.2) is 89.7 Å². The number of carbonyl (C=O) groups is 4. The first-order valence-corrected chi connectivity index (χ1v) is 21.6. The van der Waals surface area contributed by atoms with Crippen molar-refractivity contribution in [3.8, 4) is 11.6 Å². The number of hydrogen-bond acceptors (Lipinski definition) is 11. The van der Waals surface area contributed by atoms with Crippen LogP contribution in [0.1, 0.15) is 102 Å². The maximum absolute atomic E-state index is 14.6. The number of rotatable bonds is 4. The van der Waals surface area contributed by atoms with Crippen LogP contribution in [0.2, 0.25) is 0 Å². The maximum atomic E-state index is 14.6. The summed E-state index contributed by atoms with van der Waals surface area (Å²) in [4.78, 5) is 67.5. The van der Waals surface area contributed by atoms with Crippen LogP contribution in [-0.2, 0) is 40.4 Å². The van der Waals surface area contributed by atoms with Gasteiger partial charge in [0.05, 0.1) is 36.4 Å². The first-order valence-electron chi connectivity index (χ1n) is 20.1. The number of hydrogen-bond donors (Lipinski definition) is 2. The van der Waals surface area contributed by atoms with Crippen LogP contribution in [0.4, 0.5) is 0 Å². The molecule has 0 radical (unpaired) electrons. The average molecular weight is 778 g/mol. The van der Waals surface area contributed by atoms with Gasteiger partial charge in [0, 0.05) is 24.3 Å². The Morgan fingerprint density at radius 2 is 1.80 bits per heavy atom. The number of benzene rings is 1. The number of aromatic nitrogens is 2. The number of amides is 3. The fourth-order valence-electron chi connectivity index (χ4n) is 8.54. The highest BCUT2D eigenvalue weighted by molar-refractivity contribution is 7.91. The molecule has 14 nitrogen and oxygen atoms in total. The van der Waals surface area contributed by atoms with Gasteiger partial charge in [0.1, 0.15) is 35.2 Å². The first kappa shape index (κ1) is 37.6. The number of sulfonamides is 1. The Morgan fingerprint density at radius 3 is 2.62 bits per heavy atom. The molecule has 2 N–H and O–H groups in total. The fourth-order valence-corrected chi connectivity index (χ4v) is 9.90. The summed E-state index contributed by atoms with van der Waals surface area (Å²) in [7, 11) is -2.30. The molecule has 6 aliphatic rings. The molecular formula is C40H51N5O9S. The van der Waals surface area contributed by atoms with Gasteiger partial charge in [-0.2, -0.15) is 0 Å². The number of methoxy groups -OCH3 is 1. The topological polar surface area (TPSA) is 183 Å². The van der Waals surface area contributed by atoms with Crippen LogP contribution in [0.3, 0.4) is 0 Å². The highest BCUT2D eigenvalue weighted by Gasteiger charge is 2.62. The molecule has 8 rings (SSSR count). The van der Waals surface area contributed by atoms with Crippen LogP contribution in [0.5, 0.6) is 11.6 Å². The lowest BCUT2D eigenvalue weighted by Gasteiger charge is -2.29. The molecule has 15 heteroatoms. The van der Waals surface area contributed by atoms with E-state index in [0.717, 1.165) is 51.4 Å². The Morgan fingerprint density at radius 1 is 0.982 bits per heavy atom. The highest BCUT2D eigenvalue weighted by atomic mass is 32.2. The predicted molar refractivity (Wildman–Crippen MR) is 200 cm³/mol. The van der Waals surface area contributed by atoms with Crippen LogP contribution in [0.25, 0.3) is 11.0 Å². The normalized spacial score (nSPS) is 32.5. The summed E-state index contributed by atoms with van der Waals surface area (Å²) >= 11 is 0. The van der Waals surface area contributed by atoms with Gasteiger partial charge in [-0.15, -0.1) is 0 Å². The van der Waals surface area contributed by atoms with Crippen LogP contribution < -0.4 is 19.5 Å². The number of aryl methyl sites for hydroxylation is 1. The highest BCUT2D eigenvalue weighted by Crippen LogP contribution is 2.46. The summed E-state index contributed by atoms with van der Waals surface area (Å²) in [6.45, 7) is 0.0447. The summed E-state index contributed by atoms with van der Waals surface area (Å²) < 4.78 is 45.9. The second-order valence-corrected chi connectivity index (χ2v) is 18.3. The molecule has 4 fully saturated rings. The zero-order valence-electron chi connectivity index (χ0n) is 31.4. The van der Waals surface area contributed by atoms with Gasteiger partial charge < -0.3 is 24.4 Å². The van der Waals surface area contributed by atoms with Gasteiger partial charge in [-0.1, -0.05) is 37.8 Å². The lowest BCUT2D eigenvalue weighted by atomic mass is 9.95. The minimum absolute atomic E-state index is 0.0447. The Bertz CT molecular complexity index is 1990. The molecule has 4 heterocycles. The van der Waals surface area contributed by atoms with Crippen LogP contribution >= 0.6 is 0 Å². The van der Waals surface area contributed by atoms with Gasteiger partial charge in [-0.25, -0.2) is 18.4 Å². The minimum atomic E-state index is -3.88. The van der Waals surface area contributed by atoms with E-state index < -0.39 is 62.6 Å². The Balaban J connectivity index is 1.13. The number of nitrogens with one attached hydrogen (secondary N) is 2.